The molecule has 5 nitrogen and oxygen atoms in total. The van der Waals surface area contributed by atoms with Gasteiger partial charge in [-0.1, -0.05) is 0 Å². The van der Waals surface area contributed by atoms with Gasteiger partial charge in [0.2, 0.25) is 0 Å². The third-order valence-corrected chi connectivity index (χ3v) is 24.7. The van der Waals surface area contributed by atoms with E-state index in [9.17, 15) is 13.2 Å². The zero-order valence-corrected chi connectivity index (χ0v) is 29.3. The summed E-state index contributed by atoms with van der Waals surface area (Å²) in [5, 5.41) is 0. The number of hydrogen-bond donors (Lipinski definition) is 0. The predicted molar refractivity (Wildman–Crippen MR) is 166 cm³/mol. The van der Waals surface area contributed by atoms with Crippen molar-refractivity contribution in [3.63, 3.8) is 0 Å². The number of ether oxygens (including phenoxy) is 1. The van der Waals surface area contributed by atoms with Gasteiger partial charge in [0.1, 0.15) is 0 Å². The van der Waals surface area contributed by atoms with Gasteiger partial charge in [-0.05, 0) is 0 Å². The summed E-state index contributed by atoms with van der Waals surface area (Å²) in [5.74, 6) is -0.363. The van der Waals surface area contributed by atoms with Crippen LogP contribution in [0.15, 0.2) is 51.0 Å². The number of sulfonamides is 1. The Balaban J connectivity index is 2.61. The first-order valence-corrected chi connectivity index (χ1v) is 24.0. The molecule has 0 amide bonds. The number of nitrogens with zero attached hydrogens (tertiary/aromatic N) is 1. The number of unbranched alkanes of at least 4 members (excludes halogenated alkanes) is 3. The molecule has 1 aliphatic rings. The van der Waals surface area contributed by atoms with Crippen molar-refractivity contribution >= 4 is 34.4 Å². The van der Waals surface area contributed by atoms with Crippen LogP contribution in [0.5, 0.6) is 0 Å². The molecule has 0 bridgehead atoms. The number of aryl methyl sites for hydroxylation is 1. The molecule has 1 atom stereocenters. The third kappa shape index (κ3) is 9.19. The SMILES string of the molecule is C=C(CC(C)(C)C1CN(S(=O)(=O)c2ccc(C)cc2)C/C1=[CH]\[Sn]([CH2]CCC)([CH2]CCC)[CH2]CCC)C(=O)OC. The summed E-state index contributed by atoms with van der Waals surface area (Å²) in [6, 6.07) is 7.17. The normalized spacial score (nSPS) is 18.0. The van der Waals surface area contributed by atoms with Crippen molar-refractivity contribution in [1.29, 1.82) is 0 Å². The summed E-state index contributed by atoms with van der Waals surface area (Å²) in [5.41, 5.74) is 2.43. The van der Waals surface area contributed by atoms with Crippen LogP contribution in [0.1, 0.15) is 85.1 Å². The van der Waals surface area contributed by atoms with Gasteiger partial charge in [0.25, 0.3) is 0 Å². The van der Waals surface area contributed by atoms with E-state index in [0.717, 1.165) is 5.56 Å². The fourth-order valence-corrected chi connectivity index (χ4v) is 23.1. The fourth-order valence-electron chi connectivity index (χ4n) is 6.10. The van der Waals surface area contributed by atoms with Crippen molar-refractivity contribution in [2.45, 2.75) is 105 Å². The number of methoxy groups -OCH3 is 1. The number of rotatable bonds is 16. The molecule has 2 rings (SSSR count). The monoisotopic (exact) mass is 667 g/mol. The molecule has 0 N–H and O–H groups in total. The quantitative estimate of drug-likeness (QED) is 0.102. The molecule has 1 aromatic rings. The Bertz CT molecular complexity index is 1070. The summed E-state index contributed by atoms with van der Waals surface area (Å²) in [6.07, 6.45) is 7.83. The Kier molecular flexibility index (Phi) is 13.3. The van der Waals surface area contributed by atoms with Crippen molar-refractivity contribution in [2.75, 3.05) is 20.2 Å². The number of carbonyl (C=O) groups is 1. The first-order chi connectivity index (χ1) is 18.4. The summed E-state index contributed by atoms with van der Waals surface area (Å²) in [4.78, 5) is 12.6. The van der Waals surface area contributed by atoms with E-state index in [0.29, 0.717) is 30.0 Å². The third-order valence-electron chi connectivity index (χ3n) is 8.51. The standard InChI is InChI=1S/C20H26NO4S.3C4H9.Sn/c1-14-7-9-17(10-8-14)26(23,24)21-12-16(3)18(13-21)20(4,5)11-15(2)19(22)25-6;3*1-3-4-2;/h3,7-10,18H,2,11-13H2,1,4-6H3;3*1,3-4H2,2H3;. The average molecular weight is 667 g/mol. The molecule has 0 aromatic heterocycles. The Hall–Kier alpha value is -1.12. The van der Waals surface area contributed by atoms with Gasteiger partial charge >= 0.3 is 244 Å². The number of hydrogen-bond acceptors (Lipinski definition) is 4. The second-order valence-corrected chi connectivity index (χ2v) is 27.1. The molecule has 7 heteroatoms. The number of benzene rings is 1. The summed E-state index contributed by atoms with van der Waals surface area (Å²) in [6.45, 7) is 18.0. The molecule has 1 aliphatic heterocycles. The van der Waals surface area contributed by atoms with E-state index in [2.05, 4.69) is 45.3 Å². The maximum absolute atomic E-state index is 13.8. The predicted octanol–water partition coefficient (Wildman–Crippen LogP) is 8.08. The van der Waals surface area contributed by atoms with Crippen LogP contribution < -0.4 is 0 Å². The topological polar surface area (TPSA) is 63.7 Å². The van der Waals surface area contributed by atoms with E-state index in [1.54, 1.807) is 16.4 Å². The Morgan fingerprint density at radius 1 is 1.05 bits per heavy atom. The van der Waals surface area contributed by atoms with Gasteiger partial charge in [0.15, 0.2) is 0 Å². The van der Waals surface area contributed by atoms with Crippen LogP contribution in [0.2, 0.25) is 13.3 Å². The van der Waals surface area contributed by atoms with E-state index in [-0.39, 0.29) is 11.3 Å². The molecule has 0 radical (unpaired) electrons. The number of carbonyl (C=O) groups excluding carboxylic acids is 1. The van der Waals surface area contributed by atoms with Gasteiger partial charge in [-0.2, -0.15) is 0 Å². The summed E-state index contributed by atoms with van der Waals surface area (Å²) >= 11 is -2.73. The zero-order valence-electron chi connectivity index (χ0n) is 25.6. The molecule has 0 aliphatic carbocycles. The fraction of sp³-hybridized carbons (Fsp3) is 0.656. The van der Waals surface area contributed by atoms with Gasteiger partial charge in [-0.3, -0.25) is 0 Å². The first-order valence-electron chi connectivity index (χ1n) is 14.9. The van der Waals surface area contributed by atoms with Gasteiger partial charge in [0, 0.05) is 0 Å². The van der Waals surface area contributed by atoms with E-state index in [1.165, 1.54) is 64.5 Å². The zero-order chi connectivity index (χ0) is 29.3. The molecule has 1 unspecified atom stereocenters. The molecule has 1 fully saturated rings. The van der Waals surface area contributed by atoms with Crippen molar-refractivity contribution in [2.24, 2.45) is 11.3 Å². The molecular weight excluding hydrogens is 613 g/mol. The van der Waals surface area contributed by atoms with Crippen LogP contribution in [0, 0.1) is 18.3 Å². The minimum atomic E-state index is -3.64. The van der Waals surface area contributed by atoms with Crippen LogP contribution in [-0.2, 0) is 19.6 Å². The van der Waals surface area contributed by atoms with E-state index >= 15 is 0 Å². The van der Waals surface area contributed by atoms with Gasteiger partial charge in [0.05, 0.1) is 0 Å². The van der Waals surface area contributed by atoms with Crippen molar-refractivity contribution in [3.05, 3.63) is 51.6 Å². The average Bonchev–Trinajstić information content (AvgIpc) is 3.34. The van der Waals surface area contributed by atoms with E-state index in [1.807, 2.05) is 19.1 Å². The molecule has 220 valence electrons. The Labute approximate surface area is 243 Å². The second-order valence-electron chi connectivity index (χ2n) is 12.3. The molecule has 1 aromatic carbocycles. The minimum absolute atomic E-state index is 0.0279. The maximum atomic E-state index is 13.8. The second kappa shape index (κ2) is 15.2. The Morgan fingerprint density at radius 3 is 2.03 bits per heavy atom. The molecule has 1 saturated heterocycles. The molecule has 0 spiro atoms. The first kappa shape index (κ1) is 34.1. The Morgan fingerprint density at radius 2 is 1.56 bits per heavy atom. The summed E-state index contributed by atoms with van der Waals surface area (Å²) < 4.78 is 41.0. The van der Waals surface area contributed by atoms with Crippen LogP contribution in [0.25, 0.3) is 0 Å². The molecule has 39 heavy (non-hydrogen) atoms. The van der Waals surface area contributed by atoms with Gasteiger partial charge in [-0.15, -0.1) is 0 Å². The van der Waals surface area contributed by atoms with Crippen molar-refractivity contribution in [3.8, 4) is 0 Å². The molecule has 0 saturated carbocycles. The van der Waals surface area contributed by atoms with Crippen molar-refractivity contribution in [1.82, 2.24) is 4.31 Å². The molecule has 1 heterocycles. The van der Waals surface area contributed by atoms with E-state index in [4.69, 9.17) is 4.74 Å². The van der Waals surface area contributed by atoms with Gasteiger partial charge < -0.3 is 0 Å². The summed E-state index contributed by atoms with van der Waals surface area (Å²) in [7, 11) is -2.25. The van der Waals surface area contributed by atoms with Crippen molar-refractivity contribution < 1.29 is 17.9 Å². The number of esters is 1. The van der Waals surface area contributed by atoms with E-state index < -0.39 is 34.4 Å². The van der Waals surface area contributed by atoms with Crippen LogP contribution in [0.4, 0.5) is 0 Å². The molecular formula is C32H53NO4SSn. The van der Waals surface area contributed by atoms with Gasteiger partial charge in [-0.25, -0.2) is 0 Å². The van der Waals surface area contributed by atoms with Crippen LogP contribution >= 0.6 is 0 Å². The van der Waals surface area contributed by atoms with Crippen LogP contribution in [-0.4, -0.2) is 57.3 Å². The van der Waals surface area contributed by atoms with Crippen LogP contribution in [0.3, 0.4) is 0 Å².